The molecule has 19 heavy (non-hydrogen) atoms. The van der Waals surface area contributed by atoms with Crippen molar-refractivity contribution in [2.45, 2.75) is 26.8 Å². The fourth-order valence-electron chi connectivity index (χ4n) is 1.90. The maximum atomic E-state index is 11.9. The molecule has 0 spiro atoms. The molecule has 6 nitrogen and oxygen atoms in total. The van der Waals surface area contributed by atoms with Crippen LogP contribution in [0.4, 0.5) is 5.69 Å². The number of nitrogens with zero attached hydrogens (tertiary/aromatic N) is 3. The second-order valence-electron chi connectivity index (χ2n) is 5.06. The van der Waals surface area contributed by atoms with Crippen molar-refractivity contribution in [1.82, 2.24) is 14.8 Å². The van der Waals surface area contributed by atoms with Gasteiger partial charge in [0, 0.05) is 12.4 Å². The van der Waals surface area contributed by atoms with Gasteiger partial charge in [0.05, 0.1) is 23.6 Å². The maximum absolute atomic E-state index is 11.9. The van der Waals surface area contributed by atoms with Crippen molar-refractivity contribution in [2.24, 2.45) is 18.7 Å². The molecule has 0 aliphatic heterocycles. The summed E-state index contributed by atoms with van der Waals surface area (Å²) in [5, 5.41) is 8.01. The number of carbonyl (C=O) groups is 1. The van der Waals surface area contributed by atoms with Crippen molar-refractivity contribution >= 4 is 22.6 Å². The quantitative estimate of drug-likeness (QED) is 0.869. The van der Waals surface area contributed by atoms with Crippen LogP contribution in [0.1, 0.15) is 19.5 Å². The van der Waals surface area contributed by atoms with Crippen LogP contribution in [0, 0.1) is 12.8 Å². The summed E-state index contributed by atoms with van der Waals surface area (Å²) < 4.78 is 1.72. The molecule has 102 valence electrons. The second kappa shape index (κ2) is 4.97. The Kier molecular flexibility index (Phi) is 3.53. The zero-order valence-electron chi connectivity index (χ0n) is 11.6. The van der Waals surface area contributed by atoms with Gasteiger partial charge in [0.15, 0.2) is 5.65 Å². The van der Waals surface area contributed by atoms with Crippen LogP contribution in [-0.2, 0) is 11.8 Å². The number of hydrogen-bond acceptors (Lipinski definition) is 4. The summed E-state index contributed by atoms with van der Waals surface area (Å²) in [5.41, 5.74) is 8.13. The van der Waals surface area contributed by atoms with Gasteiger partial charge in [-0.3, -0.25) is 9.48 Å². The summed E-state index contributed by atoms with van der Waals surface area (Å²) in [6.45, 7) is 5.74. The Bertz CT molecular complexity index is 617. The van der Waals surface area contributed by atoms with Crippen molar-refractivity contribution < 1.29 is 4.79 Å². The van der Waals surface area contributed by atoms with Crippen LogP contribution in [0.25, 0.3) is 11.0 Å². The minimum atomic E-state index is -0.523. The molecular weight excluding hydrogens is 242 g/mol. The summed E-state index contributed by atoms with van der Waals surface area (Å²) in [5.74, 6) is -0.102. The molecule has 0 unspecified atom stereocenters. The van der Waals surface area contributed by atoms with Gasteiger partial charge in [0.1, 0.15) is 0 Å². The van der Waals surface area contributed by atoms with E-state index < -0.39 is 6.04 Å². The first-order valence-corrected chi connectivity index (χ1v) is 6.26. The molecule has 0 bridgehead atoms. The van der Waals surface area contributed by atoms with Crippen LogP contribution >= 0.6 is 0 Å². The lowest BCUT2D eigenvalue weighted by atomic mass is 10.1. The number of nitrogens with two attached hydrogens (primary N) is 1. The first-order valence-electron chi connectivity index (χ1n) is 6.26. The van der Waals surface area contributed by atoms with E-state index in [4.69, 9.17) is 5.73 Å². The van der Waals surface area contributed by atoms with Gasteiger partial charge in [-0.05, 0) is 18.9 Å². The van der Waals surface area contributed by atoms with Crippen molar-refractivity contribution in [1.29, 1.82) is 0 Å². The lowest BCUT2D eigenvalue weighted by molar-refractivity contribution is -0.118. The molecule has 0 radical (unpaired) electrons. The third-order valence-corrected chi connectivity index (χ3v) is 3.15. The number of fused-ring (bicyclic) bond motifs is 1. The van der Waals surface area contributed by atoms with E-state index in [0.717, 1.165) is 16.7 Å². The number of amides is 1. The van der Waals surface area contributed by atoms with E-state index in [1.54, 1.807) is 10.9 Å². The molecule has 1 atom stereocenters. The van der Waals surface area contributed by atoms with E-state index in [2.05, 4.69) is 15.4 Å². The summed E-state index contributed by atoms with van der Waals surface area (Å²) in [7, 11) is 1.84. The molecule has 1 amide bonds. The smallest absolute Gasteiger partial charge is 0.241 e. The molecule has 0 aliphatic carbocycles. The first kappa shape index (κ1) is 13.5. The molecule has 3 N–H and O–H groups in total. The molecule has 2 aromatic rings. The number of anilines is 1. The van der Waals surface area contributed by atoms with Crippen molar-refractivity contribution in [3.8, 4) is 0 Å². The van der Waals surface area contributed by atoms with E-state index in [0.29, 0.717) is 5.69 Å². The summed E-state index contributed by atoms with van der Waals surface area (Å²) >= 11 is 0. The number of nitrogens with one attached hydrogen (secondary N) is 1. The van der Waals surface area contributed by atoms with Gasteiger partial charge in [0.2, 0.25) is 5.91 Å². The molecule has 2 aromatic heterocycles. The monoisotopic (exact) mass is 261 g/mol. The molecular formula is C13H19N5O. The fourth-order valence-corrected chi connectivity index (χ4v) is 1.90. The van der Waals surface area contributed by atoms with Gasteiger partial charge < -0.3 is 11.1 Å². The van der Waals surface area contributed by atoms with E-state index in [-0.39, 0.29) is 11.8 Å². The number of rotatable bonds is 3. The molecule has 2 rings (SSSR count). The molecule has 6 heteroatoms. The molecule has 0 aromatic carbocycles. The lowest BCUT2D eigenvalue weighted by Crippen LogP contribution is -2.39. The Hall–Kier alpha value is -1.95. The third kappa shape index (κ3) is 2.58. The minimum absolute atomic E-state index is 0.0943. The maximum Gasteiger partial charge on any atom is 0.241 e. The van der Waals surface area contributed by atoms with Gasteiger partial charge in [-0.1, -0.05) is 13.8 Å². The highest BCUT2D eigenvalue weighted by Crippen LogP contribution is 2.19. The standard InChI is InChI=1S/C13H19N5O/c1-7(2)11(14)13(19)16-9-5-10-8(3)17-18(4)12(10)15-6-9/h5-7,11H,14H2,1-4H3,(H,16,19)/t11-/m1/s1. The van der Waals surface area contributed by atoms with E-state index in [1.165, 1.54) is 0 Å². The summed E-state index contributed by atoms with van der Waals surface area (Å²) in [4.78, 5) is 16.2. The van der Waals surface area contributed by atoms with Crippen molar-refractivity contribution in [3.05, 3.63) is 18.0 Å². The van der Waals surface area contributed by atoms with Gasteiger partial charge in [-0.2, -0.15) is 5.10 Å². The average molecular weight is 261 g/mol. The number of aromatic nitrogens is 3. The summed E-state index contributed by atoms with van der Waals surface area (Å²) in [6, 6.07) is 1.35. The second-order valence-corrected chi connectivity index (χ2v) is 5.06. The predicted octanol–water partition coefficient (Wildman–Crippen LogP) is 1.20. The fraction of sp³-hybridized carbons (Fsp3) is 0.462. The van der Waals surface area contributed by atoms with E-state index in [1.807, 2.05) is 33.9 Å². The van der Waals surface area contributed by atoms with Gasteiger partial charge in [-0.15, -0.1) is 0 Å². The first-order chi connectivity index (χ1) is 8.90. The highest BCUT2D eigenvalue weighted by atomic mass is 16.2. The van der Waals surface area contributed by atoms with E-state index >= 15 is 0 Å². The Morgan fingerprint density at radius 2 is 2.16 bits per heavy atom. The average Bonchev–Trinajstić information content (AvgIpc) is 2.63. The van der Waals surface area contributed by atoms with Crippen LogP contribution in [0.15, 0.2) is 12.3 Å². The topological polar surface area (TPSA) is 85.8 Å². The number of aryl methyl sites for hydroxylation is 2. The molecule has 0 saturated heterocycles. The third-order valence-electron chi connectivity index (χ3n) is 3.15. The molecule has 2 heterocycles. The SMILES string of the molecule is Cc1nn(C)c2ncc(NC(=O)[C@H](N)C(C)C)cc12. The Morgan fingerprint density at radius 3 is 2.79 bits per heavy atom. The van der Waals surface area contributed by atoms with Crippen LogP contribution in [0.2, 0.25) is 0 Å². The van der Waals surface area contributed by atoms with E-state index in [9.17, 15) is 4.79 Å². The zero-order valence-corrected chi connectivity index (χ0v) is 11.6. The highest BCUT2D eigenvalue weighted by molar-refractivity contribution is 5.96. The van der Waals surface area contributed by atoms with Crippen LogP contribution < -0.4 is 11.1 Å². The summed E-state index contributed by atoms with van der Waals surface area (Å²) in [6.07, 6.45) is 1.62. The van der Waals surface area contributed by atoms with Crippen molar-refractivity contribution in [3.63, 3.8) is 0 Å². The van der Waals surface area contributed by atoms with Gasteiger partial charge in [-0.25, -0.2) is 4.98 Å². The number of hydrogen-bond donors (Lipinski definition) is 2. The Labute approximate surface area is 112 Å². The van der Waals surface area contributed by atoms with Crippen LogP contribution in [0.5, 0.6) is 0 Å². The highest BCUT2D eigenvalue weighted by Gasteiger charge is 2.17. The number of pyridine rings is 1. The van der Waals surface area contributed by atoms with Crippen LogP contribution in [0.3, 0.4) is 0 Å². The molecule has 0 fully saturated rings. The minimum Gasteiger partial charge on any atom is -0.323 e. The van der Waals surface area contributed by atoms with Crippen LogP contribution in [-0.4, -0.2) is 26.7 Å². The van der Waals surface area contributed by atoms with Gasteiger partial charge >= 0.3 is 0 Å². The zero-order chi connectivity index (χ0) is 14.2. The Balaban J connectivity index is 2.27. The molecule has 0 saturated carbocycles. The normalized spacial score (nSPS) is 12.9. The lowest BCUT2D eigenvalue weighted by Gasteiger charge is -2.15. The Morgan fingerprint density at radius 1 is 1.47 bits per heavy atom. The van der Waals surface area contributed by atoms with Gasteiger partial charge in [0.25, 0.3) is 0 Å². The predicted molar refractivity (Wildman–Crippen MR) is 74.7 cm³/mol. The van der Waals surface area contributed by atoms with Crippen molar-refractivity contribution in [2.75, 3.05) is 5.32 Å². The molecule has 0 aliphatic rings. The number of carbonyl (C=O) groups excluding carboxylic acids is 1. The largest absolute Gasteiger partial charge is 0.323 e.